The summed E-state index contributed by atoms with van der Waals surface area (Å²) in [5.74, 6) is 1.18. The maximum atomic E-state index is 12.1. The van der Waals surface area contributed by atoms with Crippen LogP contribution in [-0.2, 0) is 4.74 Å². The lowest BCUT2D eigenvalue weighted by molar-refractivity contribution is 0.0125. The number of carbonyl (C=O) groups is 1. The second kappa shape index (κ2) is 7.20. The Morgan fingerprint density at radius 2 is 1.64 bits per heavy atom. The maximum absolute atomic E-state index is 12.1. The molecule has 1 amide bonds. The van der Waals surface area contributed by atoms with E-state index in [1.807, 2.05) is 20.8 Å². The number of nitrogens with zero attached hydrogens (tertiary/aromatic N) is 1. The Morgan fingerprint density at radius 1 is 1.07 bits per heavy atom. The van der Waals surface area contributed by atoms with Crippen molar-refractivity contribution in [1.29, 1.82) is 0 Å². The van der Waals surface area contributed by atoms with Crippen molar-refractivity contribution in [1.82, 2.24) is 4.90 Å². The topological polar surface area (TPSA) is 57.2 Å². The zero-order valence-electron chi connectivity index (χ0n) is 16.4. The number of hydrogen-bond acceptors (Lipinski definition) is 5. The molecule has 28 heavy (non-hydrogen) atoms. The first-order valence-corrected chi connectivity index (χ1v) is 9.18. The summed E-state index contributed by atoms with van der Waals surface area (Å²) in [6.07, 6.45) is 1.00. The smallest absolute Gasteiger partial charge is 0.410 e. The molecule has 0 spiro atoms. The van der Waals surface area contributed by atoms with E-state index in [0.29, 0.717) is 43.2 Å². The van der Waals surface area contributed by atoms with Gasteiger partial charge in [0.05, 0.1) is 0 Å². The predicted octanol–water partition coefficient (Wildman–Crippen LogP) is 1.22. The number of rotatable bonds is 2. The first-order chi connectivity index (χ1) is 12.9. The highest BCUT2D eigenvalue weighted by molar-refractivity contribution is 6.53. The van der Waals surface area contributed by atoms with Crippen molar-refractivity contribution in [2.24, 2.45) is 0 Å². The Hall–Kier alpha value is -1.85. The molecular formula is C18H21B4NO5. The standard InChI is InChI=1S/C18H21B4NO5/c1-16(2,3)28-15(24)23-8-6-11(7-9-23)25-12-4-5-13-14(10-12)27-18(21,22)17(19,20)26-13/h4-5,10-11H,6-9H2,1-3H3. The molecule has 2 aliphatic heterocycles. The van der Waals surface area contributed by atoms with Gasteiger partial charge in [-0.3, -0.25) is 0 Å². The number of ether oxygens (including phenoxy) is 4. The summed E-state index contributed by atoms with van der Waals surface area (Å²) in [5.41, 5.74) is -0.512. The molecule has 2 heterocycles. The highest BCUT2D eigenvalue weighted by Crippen LogP contribution is 2.41. The molecule has 0 unspecified atom stereocenters. The molecule has 1 saturated heterocycles. The third-order valence-electron chi connectivity index (χ3n) is 4.48. The molecule has 1 fully saturated rings. The van der Waals surface area contributed by atoms with Gasteiger partial charge in [-0.05, 0) is 32.9 Å². The lowest BCUT2D eigenvalue weighted by atomic mass is 9.41. The van der Waals surface area contributed by atoms with Gasteiger partial charge in [-0.15, -0.1) is 0 Å². The van der Waals surface area contributed by atoms with Gasteiger partial charge in [0, 0.05) is 42.8 Å². The summed E-state index contributed by atoms with van der Waals surface area (Å²) in [6.45, 7) is 6.65. The average Bonchev–Trinajstić information content (AvgIpc) is 2.55. The molecule has 2 aliphatic rings. The van der Waals surface area contributed by atoms with Gasteiger partial charge in [0.25, 0.3) is 0 Å². The third kappa shape index (κ3) is 4.58. The van der Waals surface area contributed by atoms with Crippen molar-refractivity contribution in [3.05, 3.63) is 18.2 Å². The lowest BCUT2D eigenvalue weighted by Crippen LogP contribution is -2.65. The number of carbonyl (C=O) groups excluding carboxylic acids is 1. The van der Waals surface area contributed by atoms with E-state index in [4.69, 9.17) is 50.3 Å². The number of likely N-dealkylation sites (tertiary alicyclic amines) is 1. The number of amides is 1. The second-order valence-electron chi connectivity index (χ2n) is 8.18. The van der Waals surface area contributed by atoms with Crippen LogP contribution in [0.3, 0.4) is 0 Å². The number of benzene rings is 1. The van der Waals surface area contributed by atoms with Gasteiger partial charge in [0.1, 0.15) is 48.8 Å². The molecular weight excluding hydrogens is 353 g/mol. The van der Waals surface area contributed by atoms with E-state index >= 15 is 0 Å². The first-order valence-electron chi connectivity index (χ1n) is 9.18. The van der Waals surface area contributed by atoms with E-state index in [1.165, 1.54) is 0 Å². The van der Waals surface area contributed by atoms with Crippen LogP contribution in [0.5, 0.6) is 17.2 Å². The van der Waals surface area contributed by atoms with Gasteiger partial charge >= 0.3 is 6.09 Å². The molecule has 0 atom stereocenters. The molecule has 1 aromatic carbocycles. The van der Waals surface area contributed by atoms with Crippen LogP contribution in [0, 0.1) is 0 Å². The van der Waals surface area contributed by atoms with Gasteiger partial charge in [-0.2, -0.15) is 0 Å². The number of hydrogen-bond donors (Lipinski definition) is 0. The molecule has 0 aliphatic carbocycles. The third-order valence-corrected chi connectivity index (χ3v) is 4.48. The Balaban J connectivity index is 1.59. The molecule has 10 heteroatoms. The molecule has 0 bridgehead atoms. The monoisotopic (exact) mass is 375 g/mol. The molecule has 0 aromatic heterocycles. The van der Waals surface area contributed by atoms with Crippen molar-refractivity contribution >= 4 is 37.5 Å². The van der Waals surface area contributed by atoms with Crippen LogP contribution in [-0.4, -0.2) is 78.0 Å². The minimum Gasteiger partial charge on any atom is -0.501 e. The van der Waals surface area contributed by atoms with Crippen LogP contribution in [0.1, 0.15) is 33.6 Å². The van der Waals surface area contributed by atoms with Gasteiger partial charge in [0.15, 0.2) is 11.5 Å². The van der Waals surface area contributed by atoms with E-state index < -0.39 is 16.4 Å². The molecule has 140 valence electrons. The van der Waals surface area contributed by atoms with Gasteiger partial charge in [-0.25, -0.2) is 4.79 Å². The minimum absolute atomic E-state index is 0.0511. The molecule has 1 aromatic rings. The fraction of sp³-hybridized carbons (Fsp3) is 0.611. The summed E-state index contributed by atoms with van der Waals surface area (Å²) < 4.78 is 22.3. The van der Waals surface area contributed by atoms with Crippen molar-refractivity contribution in [3.63, 3.8) is 0 Å². The van der Waals surface area contributed by atoms with E-state index in [0.717, 1.165) is 0 Å². The highest BCUT2D eigenvalue weighted by Gasteiger charge is 2.43. The van der Waals surface area contributed by atoms with Crippen molar-refractivity contribution in [2.45, 2.75) is 56.1 Å². The van der Waals surface area contributed by atoms with E-state index in [2.05, 4.69) is 0 Å². The molecule has 0 N–H and O–H groups in total. The quantitative estimate of drug-likeness (QED) is 0.729. The SMILES string of the molecule is [B]C1([B])Oc2ccc(OC3CCN(C(=O)OC(C)(C)C)CC3)cc2OC1([B])[B]. The fourth-order valence-corrected chi connectivity index (χ4v) is 2.92. The Kier molecular flexibility index (Phi) is 5.36. The number of fused-ring (bicyclic) bond motifs is 1. The van der Waals surface area contributed by atoms with Crippen LogP contribution in [0.2, 0.25) is 0 Å². The molecule has 0 saturated carbocycles. The fourth-order valence-electron chi connectivity index (χ4n) is 2.92. The zero-order valence-corrected chi connectivity index (χ0v) is 16.4. The summed E-state index contributed by atoms with van der Waals surface area (Å²) in [7, 11) is 23.0. The average molecular weight is 375 g/mol. The lowest BCUT2D eigenvalue weighted by Gasteiger charge is -2.48. The Bertz CT molecular complexity index is 742. The van der Waals surface area contributed by atoms with Crippen molar-refractivity contribution in [3.8, 4) is 17.2 Å². The van der Waals surface area contributed by atoms with Crippen molar-refractivity contribution in [2.75, 3.05) is 13.1 Å². The molecule has 3 rings (SSSR count). The van der Waals surface area contributed by atoms with Crippen LogP contribution in [0.25, 0.3) is 0 Å². The maximum Gasteiger partial charge on any atom is 0.410 e. The van der Waals surface area contributed by atoms with Gasteiger partial charge < -0.3 is 23.8 Å². The van der Waals surface area contributed by atoms with Crippen molar-refractivity contribution < 1.29 is 23.7 Å². The van der Waals surface area contributed by atoms with Crippen LogP contribution in [0.15, 0.2) is 18.2 Å². The van der Waals surface area contributed by atoms with E-state index in [9.17, 15) is 4.79 Å². The zero-order chi connectivity index (χ0) is 20.7. The summed E-state index contributed by atoms with van der Waals surface area (Å²) in [6, 6.07) is 4.97. The van der Waals surface area contributed by atoms with E-state index in [1.54, 1.807) is 23.1 Å². The summed E-state index contributed by atoms with van der Waals surface area (Å²) in [5, 5.41) is -3.76. The number of piperidine rings is 1. The highest BCUT2D eigenvalue weighted by atomic mass is 16.6. The first kappa shape index (κ1) is 20.9. The normalized spacial score (nSPS) is 21.0. The van der Waals surface area contributed by atoms with Gasteiger partial charge in [-0.1, -0.05) is 0 Å². The van der Waals surface area contributed by atoms with E-state index in [-0.39, 0.29) is 12.2 Å². The summed E-state index contributed by atoms with van der Waals surface area (Å²) in [4.78, 5) is 13.8. The van der Waals surface area contributed by atoms with Gasteiger partial charge in [0.2, 0.25) is 0 Å². The second-order valence-corrected chi connectivity index (χ2v) is 8.18. The van der Waals surface area contributed by atoms with Crippen LogP contribution >= 0.6 is 0 Å². The molecule has 8 radical (unpaired) electrons. The largest absolute Gasteiger partial charge is 0.501 e. The predicted molar refractivity (Wildman–Crippen MR) is 108 cm³/mol. The Labute approximate surface area is 171 Å². The minimum atomic E-state index is -1.89. The van der Waals surface area contributed by atoms with Crippen LogP contribution < -0.4 is 14.2 Å². The molecule has 6 nitrogen and oxygen atoms in total. The Morgan fingerprint density at radius 3 is 2.21 bits per heavy atom. The summed E-state index contributed by atoms with van der Waals surface area (Å²) >= 11 is 0. The van der Waals surface area contributed by atoms with Crippen LogP contribution in [0.4, 0.5) is 4.79 Å².